The zero-order chi connectivity index (χ0) is 18.2. The van der Waals surface area contributed by atoms with E-state index in [1.54, 1.807) is 18.2 Å². The summed E-state index contributed by atoms with van der Waals surface area (Å²) >= 11 is 0. The molecule has 25 heavy (non-hydrogen) atoms. The maximum Gasteiger partial charge on any atom is 0.371 e. The molecule has 1 heterocycles. The molecule has 0 saturated heterocycles. The summed E-state index contributed by atoms with van der Waals surface area (Å²) in [4.78, 5) is 21.4. The van der Waals surface area contributed by atoms with Crippen LogP contribution in [0.5, 0.6) is 11.5 Å². The van der Waals surface area contributed by atoms with Crippen molar-refractivity contribution in [2.24, 2.45) is 10.8 Å². The normalized spacial score (nSPS) is 10.6. The van der Waals surface area contributed by atoms with E-state index in [4.69, 9.17) is 24.7 Å². The summed E-state index contributed by atoms with van der Waals surface area (Å²) in [5, 5.41) is 12.5. The fourth-order valence-electron chi connectivity index (χ4n) is 1.88. The maximum absolute atomic E-state index is 10.8. The molecule has 0 spiro atoms. The number of aromatic carboxylic acids is 1. The fraction of sp³-hybridized carbons (Fsp3) is 0.188. The lowest BCUT2D eigenvalue weighted by atomic mass is 10.2. The van der Waals surface area contributed by atoms with Crippen molar-refractivity contribution in [3.8, 4) is 11.5 Å². The van der Waals surface area contributed by atoms with Crippen LogP contribution < -0.4 is 20.6 Å². The van der Waals surface area contributed by atoms with E-state index in [0.717, 1.165) is 0 Å². The first kappa shape index (κ1) is 17.9. The fourth-order valence-corrected chi connectivity index (χ4v) is 1.88. The first-order chi connectivity index (χ1) is 12.0. The number of carbonyl (C=O) groups is 2. The zero-order valence-corrected chi connectivity index (χ0v) is 13.4. The summed E-state index contributed by atoms with van der Waals surface area (Å²) in [5.41, 5.74) is 7.68. The molecule has 9 heteroatoms. The summed E-state index contributed by atoms with van der Waals surface area (Å²) in [7, 11) is 0. The molecule has 2 aromatic rings. The number of nitrogens with zero attached hydrogens (tertiary/aromatic N) is 1. The monoisotopic (exact) mass is 347 g/mol. The van der Waals surface area contributed by atoms with Crippen LogP contribution in [0.2, 0.25) is 0 Å². The number of nitrogens with two attached hydrogens (primary N) is 1. The quantitative estimate of drug-likeness (QED) is 0.493. The van der Waals surface area contributed by atoms with Crippen molar-refractivity contribution in [1.82, 2.24) is 5.43 Å². The van der Waals surface area contributed by atoms with E-state index < -0.39 is 12.0 Å². The number of nitrogens with one attached hydrogen (secondary N) is 1. The van der Waals surface area contributed by atoms with E-state index in [-0.39, 0.29) is 12.4 Å². The number of primary amides is 1. The molecule has 0 saturated carbocycles. The average molecular weight is 347 g/mol. The van der Waals surface area contributed by atoms with E-state index >= 15 is 0 Å². The zero-order valence-electron chi connectivity index (χ0n) is 13.4. The number of benzene rings is 1. The van der Waals surface area contributed by atoms with Crippen molar-refractivity contribution in [2.45, 2.75) is 13.5 Å². The molecule has 1 aromatic heterocycles. The van der Waals surface area contributed by atoms with Gasteiger partial charge in [0.05, 0.1) is 12.8 Å². The van der Waals surface area contributed by atoms with Crippen molar-refractivity contribution in [2.75, 3.05) is 6.61 Å². The van der Waals surface area contributed by atoms with Crippen LogP contribution >= 0.6 is 0 Å². The number of amides is 2. The number of ether oxygens (including phenoxy) is 2. The van der Waals surface area contributed by atoms with E-state index in [1.807, 2.05) is 6.92 Å². The minimum atomic E-state index is -1.14. The molecule has 132 valence electrons. The number of carbonyl (C=O) groups excluding carboxylic acids is 1. The molecule has 4 N–H and O–H groups in total. The van der Waals surface area contributed by atoms with Gasteiger partial charge in [0.15, 0.2) is 11.5 Å². The highest BCUT2D eigenvalue weighted by molar-refractivity contribution is 5.84. The molecule has 0 fully saturated rings. The first-order valence-corrected chi connectivity index (χ1v) is 7.29. The van der Waals surface area contributed by atoms with Gasteiger partial charge < -0.3 is 24.7 Å². The number of hydrogen-bond donors (Lipinski definition) is 3. The molecule has 0 aliphatic rings. The lowest BCUT2D eigenvalue weighted by Crippen LogP contribution is -2.24. The Morgan fingerprint density at radius 2 is 2.08 bits per heavy atom. The third-order valence-corrected chi connectivity index (χ3v) is 2.90. The predicted octanol–water partition coefficient (Wildman–Crippen LogP) is 1.96. The third kappa shape index (κ3) is 5.27. The van der Waals surface area contributed by atoms with Crippen molar-refractivity contribution in [3.05, 3.63) is 47.4 Å². The maximum atomic E-state index is 10.8. The van der Waals surface area contributed by atoms with E-state index in [0.29, 0.717) is 29.4 Å². The molecular formula is C16H17N3O6. The van der Waals surface area contributed by atoms with Gasteiger partial charge in [-0.15, -0.1) is 0 Å². The highest BCUT2D eigenvalue weighted by Gasteiger charge is 2.11. The summed E-state index contributed by atoms with van der Waals surface area (Å²) in [6.45, 7) is 2.29. The van der Waals surface area contributed by atoms with E-state index in [1.165, 1.54) is 18.3 Å². The minimum absolute atomic E-state index is 0.0457. The van der Waals surface area contributed by atoms with Crippen molar-refractivity contribution in [1.29, 1.82) is 0 Å². The van der Waals surface area contributed by atoms with E-state index in [2.05, 4.69) is 10.5 Å². The minimum Gasteiger partial charge on any atom is -0.490 e. The van der Waals surface area contributed by atoms with Crippen molar-refractivity contribution < 1.29 is 28.6 Å². The number of hydrogen-bond acceptors (Lipinski definition) is 6. The van der Waals surface area contributed by atoms with Crippen LogP contribution in [0.25, 0.3) is 0 Å². The van der Waals surface area contributed by atoms with Crippen LogP contribution in [0.1, 0.15) is 28.8 Å². The van der Waals surface area contributed by atoms with Gasteiger partial charge in [-0.05, 0) is 42.8 Å². The van der Waals surface area contributed by atoms with Gasteiger partial charge in [0.1, 0.15) is 12.4 Å². The summed E-state index contributed by atoms with van der Waals surface area (Å²) in [6, 6.07) is 7.17. The van der Waals surface area contributed by atoms with Crippen LogP contribution in [0.15, 0.2) is 39.9 Å². The number of hydrazone groups is 1. The number of carboxylic acid groups (broad SMARTS) is 1. The molecule has 1 aromatic carbocycles. The average Bonchev–Trinajstić information content (AvgIpc) is 3.03. The Bertz CT molecular complexity index is 784. The smallest absolute Gasteiger partial charge is 0.371 e. The number of urea groups is 1. The number of furan rings is 1. The Morgan fingerprint density at radius 1 is 1.28 bits per heavy atom. The molecular weight excluding hydrogens is 330 g/mol. The topological polar surface area (TPSA) is 136 Å². The second-order valence-electron chi connectivity index (χ2n) is 4.73. The van der Waals surface area contributed by atoms with Gasteiger partial charge in [-0.3, -0.25) is 0 Å². The molecule has 0 bridgehead atoms. The van der Waals surface area contributed by atoms with Crippen molar-refractivity contribution >= 4 is 18.2 Å². The van der Waals surface area contributed by atoms with E-state index in [9.17, 15) is 9.59 Å². The molecule has 9 nitrogen and oxygen atoms in total. The highest BCUT2D eigenvalue weighted by atomic mass is 16.5. The summed E-state index contributed by atoms with van der Waals surface area (Å²) in [6.07, 6.45) is 1.41. The van der Waals surface area contributed by atoms with Crippen LogP contribution in [-0.2, 0) is 6.61 Å². The molecule has 0 aliphatic carbocycles. The standard InChI is InChI=1S/C16H17N3O6/c1-2-23-14-7-10(8-18-19-16(17)22)3-5-12(14)24-9-11-4-6-13(25-11)15(20)21/h3-8H,2,9H2,1H3,(H,20,21)(H3,17,19,22). The second kappa shape index (κ2) is 8.39. The van der Waals surface area contributed by atoms with Crippen LogP contribution in [0, 0.1) is 0 Å². The second-order valence-corrected chi connectivity index (χ2v) is 4.73. The largest absolute Gasteiger partial charge is 0.490 e. The Morgan fingerprint density at radius 3 is 2.72 bits per heavy atom. The Hall–Kier alpha value is -3.49. The summed E-state index contributed by atoms with van der Waals surface area (Å²) < 4.78 is 16.3. The van der Waals surface area contributed by atoms with Gasteiger partial charge in [-0.25, -0.2) is 15.0 Å². The highest BCUT2D eigenvalue weighted by Crippen LogP contribution is 2.29. The van der Waals surface area contributed by atoms with Gasteiger partial charge in [-0.1, -0.05) is 0 Å². The third-order valence-electron chi connectivity index (χ3n) is 2.90. The van der Waals surface area contributed by atoms with Crippen LogP contribution in [-0.4, -0.2) is 29.9 Å². The molecule has 0 aliphatic heterocycles. The van der Waals surface area contributed by atoms with Gasteiger partial charge in [0.2, 0.25) is 5.76 Å². The first-order valence-electron chi connectivity index (χ1n) is 7.29. The molecule has 0 radical (unpaired) electrons. The molecule has 2 rings (SSSR count). The summed E-state index contributed by atoms with van der Waals surface area (Å²) in [5.74, 6) is -0.00609. The Kier molecular flexibility index (Phi) is 5.99. The molecule has 0 unspecified atom stereocenters. The van der Waals surface area contributed by atoms with Gasteiger partial charge in [0.25, 0.3) is 0 Å². The van der Waals surface area contributed by atoms with Crippen molar-refractivity contribution in [3.63, 3.8) is 0 Å². The van der Waals surface area contributed by atoms with Gasteiger partial charge in [0, 0.05) is 0 Å². The Labute approximate surface area is 143 Å². The predicted molar refractivity (Wildman–Crippen MR) is 87.9 cm³/mol. The molecule has 2 amide bonds. The molecule has 0 atom stereocenters. The van der Waals surface area contributed by atoms with Crippen LogP contribution in [0.4, 0.5) is 4.79 Å². The lowest BCUT2D eigenvalue weighted by molar-refractivity contribution is 0.0658. The SMILES string of the molecule is CCOc1cc(C=NNC(N)=O)ccc1OCc1ccc(C(=O)O)o1. The number of carboxylic acids is 1. The number of rotatable bonds is 8. The van der Waals surface area contributed by atoms with Gasteiger partial charge >= 0.3 is 12.0 Å². The van der Waals surface area contributed by atoms with Gasteiger partial charge in [-0.2, -0.15) is 5.10 Å². The Balaban J connectivity index is 2.09. The van der Waals surface area contributed by atoms with Crippen LogP contribution in [0.3, 0.4) is 0 Å². The lowest BCUT2D eigenvalue weighted by Gasteiger charge is -2.11.